The van der Waals surface area contributed by atoms with Gasteiger partial charge in [-0.15, -0.1) is 0 Å². The van der Waals surface area contributed by atoms with Crippen molar-refractivity contribution >= 4 is 17.0 Å². The second-order valence-corrected chi connectivity index (χ2v) is 8.36. The number of hydrogen-bond donors (Lipinski definition) is 1. The van der Waals surface area contributed by atoms with Gasteiger partial charge in [0.2, 0.25) is 11.7 Å². The Bertz CT molecular complexity index is 1070. The van der Waals surface area contributed by atoms with E-state index in [4.69, 9.17) is 9.26 Å². The van der Waals surface area contributed by atoms with Crippen molar-refractivity contribution in [2.45, 2.75) is 25.2 Å². The van der Waals surface area contributed by atoms with E-state index in [-0.39, 0.29) is 17.8 Å². The van der Waals surface area contributed by atoms with E-state index < -0.39 is 5.82 Å². The predicted octanol–water partition coefficient (Wildman–Crippen LogP) is 3.02. The molecule has 1 atom stereocenters. The summed E-state index contributed by atoms with van der Waals surface area (Å²) in [7, 11) is 1.42. The summed E-state index contributed by atoms with van der Waals surface area (Å²) in [6.45, 7) is 4.36. The zero-order valence-corrected chi connectivity index (χ0v) is 17.4. The Morgan fingerprint density at radius 3 is 2.94 bits per heavy atom. The molecule has 2 saturated heterocycles. The average Bonchev–Trinajstić information content (AvgIpc) is 3.54. The lowest BCUT2D eigenvalue weighted by Gasteiger charge is -2.32. The van der Waals surface area contributed by atoms with E-state index in [1.807, 2.05) is 0 Å². The quantitative estimate of drug-likeness (QED) is 0.682. The first-order chi connectivity index (χ1) is 15.1. The molecule has 3 aromatic rings. The Kier molecular flexibility index (Phi) is 5.31. The van der Waals surface area contributed by atoms with E-state index in [1.54, 1.807) is 17.2 Å². The van der Waals surface area contributed by atoms with Crippen LogP contribution in [0.2, 0.25) is 0 Å². The Morgan fingerprint density at radius 2 is 2.13 bits per heavy atom. The standard InChI is InChI=1S/C21H25FN6O3/c1-30-21(29)28-9-4-13(12-28)11-27-7-5-14(6-8-27)20-24-19(26-31-20)18-15-10-23-25-17(15)3-2-16(18)22/h2-3,10,13-14H,4-9,11-12H2,1H3,(H,23,25)/t13-/m0/s1. The van der Waals surface area contributed by atoms with E-state index in [1.165, 1.54) is 13.2 Å². The van der Waals surface area contributed by atoms with Crippen LogP contribution in [-0.2, 0) is 4.74 Å². The van der Waals surface area contributed by atoms with Gasteiger partial charge in [0.15, 0.2) is 0 Å². The minimum absolute atomic E-state index is 0.166. The molecule has 5 rings (SSSR count). The van der Waals surface area contributed by atoms with Crippen LogP contribution in [0.25, 0.3) is 22.3 Å². The number of nitrogens with one attached hydrogen (secondary N) is 1. The van der Waals surface area contributed by atoms with Crippen molar-refractivity contribution in [3.05, 3.63) is 30.0 Å². The number of rotatable bonds is 4. The Hall–Kier alpha value is -3.01. The lowest BCUT2D eigenvalue weighted by molar-refractivity contribution is 0.128. The summed E-state index contributed by atoms with van der Waals surface area (Å²) < 4.78 is 24.8. The number of benzene rings is 1. The molecule has 4 heterocycles. The van der Waals surface area contributed by atoms with E-state index in [9.17, 15) is 9.18 Å². The molecule has 10 heteroatoms. The van der Waals surface area contributed by atoms with E-state index in [0.717, 1.165) is 57.5 Å². The minimum Gasteiger partial charge on any atom is -0.453 e. The highest BCUT2D eigenvalue weighted by Gasteiger charge is 2.31. The Labute approximate surface area is 178 Å². The smallest absolute Gasteiger partial charge is 0.409 e. The largest absolute Gasteiger partial charge is 0.453 e. The average molecular weight is 428 g/mol. The highest BCUT2D eigenvalue weighted by Crippen LogP contribution is 2.32. The van der Waals surface area contributed by atoms with Crippen molar-refractivity contribution in [2.75, 3.05) is 39.8 Å². The van der Waals surface area contributed by atoms with Crippen LogP contribution in [-0.4, -0.2) is 76.1 Å². The predicted molar refractivity (Wildman–Crippen MR) is 110 cm³/mol. The Morgan fingerprint density at radius 1 is 1.29 bits per heavy atom. The summed E-state index contributed by atoms with van der Waals surface area (Å²) in [6.07, 6.45) is 4.16. The number of H-pyrrole nitrogens is 1. The second kappa shape index (κ2) is 8.26. The van der Waals surface area contributed by atoms with Gasteiger partial charge in [0.25, 0.3) is 0 Å². The number of halogens is 1. The molecule has 1 amide bonds. The summed E-state index contributed by atoms with van der Waals surface area (Å²) >= 11 is 0. The third kappa shape index (κ3) is 3.87. The Balaban J connectivity index is 1.20. The van der Waals surface area contributed by atoms with Gasteiger partial charge in [0.05, 0.1) is 24.4 Å². The highest BCUT2D eigenvalue weighted by molar-refractivity contribution is 5.92. The fraction of sp³-hybridized carbons (Fsp3) is 0.524. The van der Waals surface area contributed by atoms with Gasteiger partial charge in [-0.2, -0.15) is 10.1 Å². The number of hydrogen-bond acceptors (Lipinski definition) is 7. The SMILES string of the molecule is COC(=O)N1CC[C@@H](CN2CCC(c3nc(-c4c(F)ccc5[nH]ncc45)no3)CC2)C1. The molecule has 2 fully saturated rings. The maximum atomic E-state index is 14.5. The maximum absolute atomic E-state index is 14.5. The number of nitrogens with zero attached hydrogens (tertiary/aromatic N) is 5. The molecule has 0 saturated carbocycles. The van der Waals surface area contributed by atoms with Crippen molar-refractivity contribution < 1.29 is 18.4 Å². The number of ether oxygens (including phenoxy) is 1. The zero-order chi connectivity index (χ0) is 21.4. The molecule has 1 N–H and O–H groups in total. The van der Waals surface area contributed by atoms with Gasteiger partial charge >= 0.3 is 6.09 Å². The summed E-state index contributed by atoms with van der Waals surface area (Å²) in [4.78, 5) is 20.4. The summed E-state index contributed by atoms with van der Waals surface area (Å²) in [5.74, 6) is 1.07. The number of carbonyl (C=O) groups is 1. The van der Waals surface area contributed by atoms with Crippen LogP contribution in [0.15, 0.2) is 22.9 Å². The number of likely N-dealkylation sites (tertiary alicyclic amines) is 2. The van der Waals surface area contributed by atoms with Crippen molar-refractivity contribution in [1.82, 2.24) is 30.1 Å². The van der Waals surface area contributed by atoms with Crippen LogP contribution in [0.5, 0.6) is 0 Å². The molecule has 31 heavy (non-hydrogen) atoms. The van der Waals surface area contributed by atoms with E-state index in [0.29, 0.717) is 22.8 Å². The molecule has 1 aromatic carbocycles. The zero-order valence-electron chi connectivity index (χ0n) is 17.4. The number of aromatic amines is 1. The number of piperidine rings is 1. The fourth-order valence-corrected chi connectivity index (χ4v) is 4.72. The molecule has 2 aliphatic heterocycles. The molecule has 0 radical (unpaired) electrons. The third-order valence-electron chi connectivity index (χ3n) is 6.41. The summed E-state index contributed by atoms with van der Waals surface area (Å²) in [5, 5.41) is 11.5. The van der Waals surface area contributed by atoms with Gasteiger partial charge in [-0.1, -0.05) is 5.16 Å². The van der Waals surface area contributed by atoms with Crippen molar-refractivity contribution in [2.24, 2.45) is 5.92 Å². The van der Waals surface area contributed by atoms with Gasteiger partial charge in [-0.25, -0.2) is 9.18 Å². The first kappa shape index (κ1) is 19.9. The normalized spacial score (nSPS) is 20.6. The second-order valence-electron chi connectivity index (χ2n) is 8.36. The first-order valence-electron chi connectivity index (χ1n) is 10.6. The first-order valence-corrected chi connectivity index (χ1v) is 10.6. The molecule has 0 unspecified atom stereocenters. The molecule has 2 aliphatic rings. The van der Waals surface area contributed by atoms with Crippen molar-refractivity contribution in [3.8, 4) is 11.4 Å². The van der Waals surface area contributed by atoms with Gasteiger partial charge < -0.3 is 19.1 Å². The number of aromatic nitrogens is 4. The van der Waals surface area contributed by atoms with Crippen LogP contribution >= 0.6 is 0 Å². The summed E-state index contributed by atoms with van der Waals surface area (Å²) in [6, 6.07) is 3.03. The number of fused-ring (bicyclic) bond motifs is 1. The van der Waals surface area contributed by atoms with Crippen LogP contribution in [0.3, 0.4) is 0 Å². The maximum Gasteiger partial charge on any atom is 0.409 e. The van der Waals surface area contributed by atoms with Gasteiger partial charge in [-0.05, 0) is 50.4 Å². The molecule has 0 spiro atoms. The lowest BCUT2D eigenvalue weighted by Crippen LogP contribution is -2.37. The molecular formula is C21H25FN6O3. The van der Waals surface area contributed by atoms with E-state index in [2.05, 4.69) is 25.2 Å². The molecule has 164 valence electrons. The molecule has 2 aromatic heterocycles. The van der Waals surface area contributed by atoms with Crippen molar-refractivity contribution in [1.29, 1.82) is 0 Å². The number of carbonyl (C=O) groups excluding carboxylic acids is 1. The van der Waals surface area contributed by atoms with Crippen molar-refractivity contribution in [3.63, 3.8) is 0 Å². The lowest BCUT2D eigenvalue weighted by atomic mass is 9.95. The topological polar surface area (TPSA) is 100 Å². The van der Waals surface area contributed by atoms with Crippen LogP contribution in [0.4, 0.5) is 9.18 Å². The van der Waals surface area contributed by atoms with Crippen LogP contribution in [0.1, 0.15) is 31.1 Å². The van der Waals surface area contributed by atoms with E-state index >= 15 is 0 Å². The third-order valence-corrected chi connectivity index (χ3v) is 6.41. The van der Waals surface area contributed by atoms with Gasteiger partial charge in [0.1, 0.15) is 5.82 Å². The monoisotopic (exact) mass is 428 g/mol. The van der Waals surface area contributed by atoms with Gasteiger partial charge in [-0.3, -0.25) is 5.10 Å². The molecule has 0 aliphatic carbocycles. The van der Waals surface area contributed by atoms with Crippen LogP contribution in [0, 0.1) is 11.7 Å². The minimum atomic E-state index is -0.395. The highest BCUT2D eigenvalue weighted by atomic mass is 19.1. The number of amides is 1. The van der Waals surface area contributed by atoms with Gasteiger partial charge in [0, 0.05) is 30.9 Å². The molecule has 9 nitrogen and oxygen atoms in total. The summed E-state index contributed by atoms with van der Waals surface area (Å²) in [5.41, 5.74) is 1.05. The fourth-order valence-electron chi connectivity index (χ4n) is 4.72. The molecule has 0 bridgehead atoms. The molecular weight excluding hydrogens is 403 g/mol. The van der Waals surface area contributed by atoms with Crippen LogP contribution < -0.4 is 0 Å². The number of methoxy groups -OCH3 is 1.